The molecule has 0 aliphatic heterocycles. The van der Waals surface area contributed by atoms with Crippen LogP contribution in [0.1, 0.15) is 23.1 Å². The lowest BCUT2D eigenvalue weighted by Gasteiger charge is -2.09. The predicted molar refractivity (Wildman–Crippen MR) is 60.3 cm³/mol. The van der Waals surface area contributed by atoms with Crippen molar-refractivity contribution in [1.82, 2.24) is 0 Å². The highest BCUT2D eigenvalue weighted by molar-refractivity contribution is 5.66. The van der Waals surface area contributed by atoms with Gasteiger partial charge in [0.2, 0.25) is 0 Å². The molecule has 0 aliphatic carbocycles. The summed E-state index contributed by atoms with van der Waals surface area (Å²) in [5.74, 6) is 0.370. The van der Waals surface area contributed by atoms with Crippen molar-refractivity contribution in [3.63, 3.8) is 0 Å². The molecule has 76 valence electrons. The molecule has 0 heterocycles. The van der Waals surface area contributed by atoms with Crippen LogP contribution in [0, 0.1) is 13.8 Å². The summed E-state index contributed by atoms with van der Waals surface area (Å²) in [7, 11) is 0. The number of aryl methyl sites for hydroxylation is 2. The molecule has 1 aromatic rings. The Balaban J connectivity index is 3.06. The van der Waals surface area contributed by atoms with Gasteiger partial charge in [0.25, 0.3) is 0 Å². The van der Waals surface area contributed by atoms with Crippen LogP contribution < -0.4 is 5.73 Å². The molecule has 0 atom stereocenters. The van der Waals surface area contributed by atoms with Gasteiger partial charge in [-0.15, -0.1) is 0 Å². The number of nitrogens with two attached hydrogens (primary N) is 1. The molecule has 1 aromatic carbocycles. The van der Waals surface area contributed by atoms with Crippen LogP contribution in [0.3, 0.4) is 0 Å². The standard InChI is InChI=1S/C12H17NO/c1-8(4-5-13)11-6-9(2)12(14)10(3)7-11/h6-7,14H,1,4-5,13H2,2-3H3. The van der Waals surface area contributed by atoms with Crippen molar-refractivity contribution < 1.29 is 5.11 Å². The van der Waals surface area contributed by atoms with E-state index in [-0.39, 0.29) is 0 Å². The van der Waals surface area contributed by atoms with Crippen LogP contribution in [0.25, 0.3) is 5.57 Å². The molecule has 2 nitrogen and oxygen atoms in total. The predicted octanol–water partition coefficient (Wildman–Crippen LogP) is 2.37. The normalized spacial score (nSPS) is 10.2. The minimum absolute atomic E-state index is 0.370. The molecule has 3 N–H and O–H groups in total. The summed E-state index contributed by atoms with van der Waals surface area (Å²) in [4.78, 5) is 0. The number of benzene rings is 1. The lowest BCUT2D eigenvalue weighted by molar-refractivity contribution is 0.467. The van der Waals surface area contributed by atoms with E-state index >= 15 is 0 Å². The zero-order chi connectivity index (χ0) is 10.7. The Morgan fingerprint density at radius 1 is 1.36 bits per heavy atom. The lowest BCUT2D eigenvalue weighted by atomic mass is 9.99. The SMILES string of the molecule is C=C(CCN)c1cc(C)c(O)c(C)c1. The van der Waals surface area contributed by atoms with E-state index in [1.54, 1.807) is 0 Å². The van der Waals surface area contributed by atoms with Crippen molar-refractivity contribution in [3.8, 4) is 5.75 Å². The average Bonchev–Trinajstić information content (AvgIpc) is 2.13. The van der Waals surface area contributed by atoms with Gasteiger partial charge in [-0.05, 0) is 61.2 Å². The molecule has 1 rings (SSSR count). The maximum absolute atomic E-state index is 9.59. The van der Waals surface area contributed by atoms with E-state index < -0.39 is 0 Å². The fraction of sp³-hybridized carbons (Fsp3) is 0.333. The number of hydrogen-bond acceptors (Lipinski definition) is 2. The molecule has 0 fully saturated rings. The van der Waals surface area contributed by atoms with Crippen molar-refractivity contribution in [2.75, 3.05) is 6.54 Å². The summed E-state index contributed by atoms with van der Waals surface area (Å²) < 4.78 is 0. The number of phenolic OH excluding ortho intramolecular Hbond substituents is 1. The third-order valence-electron chi connectivity index (χ3n) is 2.35. The Hall–Kier alpha value is -1.28. The molecule has 2 heteroatoms. The number of phenols is 1. The van der Waals surface area contributed by atoms with Gasteiger partial charge in [0.1, 0.15) is 5.75 Å². The molecule has 0 aromatic heterocycles. The highest BCUT2D eigenvalue weighted by atomic mass is 16.3. The van der Waals surface area contributed by atoms with Crippen LogP contribution in [0.5, 0.6) is 5.75 Å². The fourth-order valence-electron chi connectivity index (χ4n) is 1.48. The monoisotopic (exact) mass is 191 g/mol. The Kier molecular flexibility index (Phi) is 3.31. The van der Waals surface area contributed by atoms with Crippen molar-refractivity contribution in [1.29, 1.82) is 0 Å². The maximum Gasteiger partial charge on any atom is 0.121 e. The van der Waals surface area contributed by atoms with Crippen molar-refractivity contribution >= 4 is 5.57 Å². The Morgan fingerprint density at radius 2 is 1.86 bits per heavy atom. The summed E-state index contributed by atoms with van der Waals surface area (Å²) in [6, 6.07) is 3.89. The van der Waals surface area contributed by atoms with Gasteiger partial charge < -0.3 is 10.8 Å². The van der Waals surface area contributed by atoms with E-state index in [2.05, 4.69) is 6.58 Å². The van der Waals surface area contributed by atoms with E-state index in [4.69, 9.17) is 5.73 Å². The first-order valence-electron chi connectivity index (χ1n) is 4.74. The van der Waals surface area contributed by atoms with Crippen LogP contribution in [0.2, 0.25) is 0 Å². The first-order valence-corrected chi connectivity index (χ1v) is 4.74. The van der Waals surface area contributed by atoms with Gasteiger partial charge in [-0.1, -0.05) is 6.58 Å². The number of rotatable bonds is 3. The van der Waals surface area contributed by atoms with Gasteiger partial charge in [-0.25, -0.2) is 0 Å². The van der Waals surface area contributed by atoms with E-state index in [1.807, 2.05) is 26.0 Å². The van der Waals surface area contributed by atoms with E-state index in [1.165, 1.54) is 0 Å². The van der Waals surface area contributed by atoms with Gasteiger partial charge >= 0.3 is 0 Å². The van der Waals surface area contributed by atoms with Gasteiger partial charge in [-0.2, -0.15) is 0 Å². The summed E-state index contributed by atoms with van der Waals surface area (Å²) in [6.07, 6.45) is 0.795. The molecular weight excluding hydrogens is 174 g/mol. The van der Waals surface area contributed by atoms with Crippen molar-refractivity contribution in [2.45, 2.75) is 20.3 Å². The topological polar surface area (TPSA) is 46.2 Å². The molecule has 0 saturated heterocycles. The smallest absolute Gasteiger partial charge is 0.121 e. The van der Waals surface area contributed by atoms with Crippen molar-refractivity contribution in [2.24, 2.45) is 5.73 Å². The molecule has 0 saturated carbocycles. The zero-order valence-corrected chi connectivity index (χ0v) is 8.80. The Bertz CT molecular complexity index is 332. The molecule has 0 amide bonds. The summed E-state index contributed by atoms with van der Waals surface area (Å²) in [5, 5.41) is 9.59. The zero-order valence-electron chi connectivity index (χ0n) is 8.80. The highest BCUT2D eigenvalue weighted by Crippen LogP contribution is 2.26. The lowest BCUT2D eigenvalue weighted by Crippen LogP contribution is -1.99. The third-order valence-corrected chi connectivity index (χ3v) is 2.35. The molecule has 0 bridgehead atoms. The second-order valence-electron chi connectivity index (χ2n) is 3.60. The van der Waals surface area contributed by atoms with Gasteiger partial charge in [0.15, 0.2) is 0 Å². The quantitative estimate of drug-likeness (QED) is 0.770. The molecule has 0 radical (unpaired) electrons. The summed E-state index contributed by atoms with van der Waals surface area (Å²) in [6.45, 7) is 8.35. The fourth-order valence-corrected chi connectivity index (χ4v) is 1.48. The largest absolute Gasteiger partial charge is 0.507 e. The minimum Gasteiger partial charge on any atom is -0.507 e. The Morgan fingerprint density at radius 3 is 2.29 bits per heavy atom. The summed E-state index contributed by atoms with van der Waals surface area (Å²) in [5.41, 5.74) is 9.34. The first kappa shape index (κ1) is 10.8. The van der Waals surface area contributed by atoms with Gasteiger partial charge in [-0.3, -0.25) is 0 Å². The van der Waals surface area contributed by atoms with Gasteiger partial charge in [0, 0.05) is 0 Å². The number of aromatic hydroxyl groups is 1. The van der Waals surface area contributed by atoms with Crippen molar-refractivity contribution in [3.05, 3.63) is 35.4 Å². The minimum atomic E-state index is 0.370. The van der Waals surface area contributed by atoms with Crippen LogP contribution in [0.4, 0.5) is 0 Å². The van der Waals surface area contributed by atoms with Gasteiger partial charge in [0.05, 0.1) is 0 Å². The third kappa shape index (κ3) is 2.15. The number of hydrogen-bond donors (Lipinski definition) is 2. The van der Waals surface area contributed by atoms with Crippen LogP contribution in [0.15, 0.2) is 18.7 Å². The molecule has 14 heavy (non-hydrogen) atoms. The van der Waals surface area contributed by atoms with E-state index in [0.717, 1.165) is 28.7 Å². The second-order valence-corrected chi connectivity index (χ2v) is 3.60. The molecule has 0 aliphatic rings. The summed E-state index contributed by atoms with van der Waals surface area (Å²) >= 11 is 0. The average molecular weight is 191 g/mol. The van der Waals surface area contributed by atoms with Crippen LogP contribution in [-0.4, -0.2) is 11.7 Å². The van der Waals surface area contributed by atoms with Crippen LogP contribution in [-0.2, 0) is 0 Å². The molecular formula is C12H17NO. The molecule has 0 unspecified atom stereocenters. The van der Waals surface area contributed by atoms with E-state index in [0.29, 0.717) is 12.3 Å². The molecule has 0 spiro atoms. The highest BCUT2D eigenvalue weighted by Gasteiger charge is 2.05. The van der Waals surface area contributed by atoms with Crippen LogP contribution >= 0.6 is 0 Å². The first-order chi connectivity index (χ1) is 6.56. The van der Waals surface area contributed by atoms with E-state index in [9.17, 15) is 5.11 Å². The second kappa shape index (κ2) is 4.29. The Labute approximate surface area is 85.1 Å². The maximum atomic E-state index is 9.59.